The Bertz CT molecular complexity index is 361. The third-order valence-electron chi connectivity index (χ3n) is 2.47. The minimum Gasteiger partial charge on any atom is -0.461 e. The number of hydrogen-bond donors (Lipinski definition) is 2. The number of nitrogens with one attached hydrogen (secondary N) is 1. The number of aliphatic imine (C=N–C) groups is 1. The second-order valence-electron chi connectivity index (χ2n) is 4.34. The molecule has 0 bridgehead atoms. The van der Waals surface area contributed by atoms with Crippen LogP contribution in [-0.2, 0) is 9.53 Å². The van der Waals surface area contributed by atoms with Crippen molar-refractivity contribution >= 4 is 11.9 Å². The zero-order valence-electron chi connectivity index (χ0n) is 10.7. The number of nitriles is 1. The number of hydrogen-bond acceptors (Lipinski definition) is 5. The van der Waals surface area contributed by atoms with Crippen LogP contribution < -0.4 is 11.1 Å². The predicted octanol–water partition coefficient (Wildman–Crippen LogP) is -0.602. The van der Waals surface area contributed by atoms with Gasteiger partial charge in [0, 0.05) is 25.9 Å². The standard InChI is InChI=1S/C11H19N5O2/c1-8(13)5-14-11(15-7-12)16-4-3-10(6-16)18-9(2)17/h8,10H,3-6,13H2,1-2H3,(H,14,15)/t8-,10+/m1/s1. The summed E-state index contributed by atoms with van der Waals surface area (Å²) in [7, 11) is 0. The van der Waals surface area contributed by atoms with E-state index in [4.69, 9.17) is 15.7 Å². The van der Waals surface area contributed by atoms with Crippen molar-refractivity contribution in [3.05, 3.63) is 0 Å². The highest BCUT2D eigenvalue weighted by Crippen LogP contribution is 2.12. The van der Waals surface area contributed by atoms with Gasteiger partial charge < -0.3 is 15.4 Å². The maximum atomic E-state index is 10.9. The largest absolute Gasteiger partial charge is 0.461 e. The first-order valence-electron chi connectivity index (χ1n) is 5.90. The normalized spacial score (nSPS) is 21.3. The molecule has 3 N–H and O–H groups in total. The van der Waals surface area contributed by atoms with Crippen LogP contribution in [0.3, 0.4) is 0 Å². The number of likely N-dealkylation sites (tertiary alicyclic amines) is 1. The Balaban J connectivity index is 2.58. The number of nitrogens with zero attached hydrogens (tertiary/aromatic N) is 3. The molecule has 0 saturated carbocycles. The Morgan fingerprint density at radius 2 is 2.50 bits per heavy atom. The van der Waals surface area contributed by atoms with Gasteiger partial charge in [0.15, 0.2) is 6.19 Å². The van der Waals surface area contributed by atoms with Crippen molar-refractivity contribution in [2.24, 2.45) is 10.7 Å². The topological polar surface area (TPSA) is 104 Å². The fourth-order valence-electron chi connectivity index (χ4n) is 1.75. The van der Waals surface area contributed by atoms with Gasteiger partial charge in [0.1, 0.15) is 6.10 Å². The molecular formula is C11H19N5O2. The maximum Gasteiger partial charge on any atom is 0.302 e. The van der Waals surface area contributed by atoms with Gasteiger partial charge in [-0.3, -0.25) is 15.1 Å². The average Bonchev–Trinajstić information content (AvgIpc) is 2.71. The molecular weight excluding hydrogens is 234 g/mol. The van der Waals surface area contributed by atoms with Crippen molar-refractivity contribution in [1.82, 2.24) is 10.2 Å². The lowest BCUT2D eigenvalue weighted by Crippen LogP contribution is -2.39. The van der Waals surface area contributed by atoms with Gasteiger partial charge in [0.25, 0.3) is 0 Å². The van der Waals surface area contributed by atoms with E-state index < -0.39 is 0 Å². The number of rotatable bonds is 3. The summed E-state index contributed by atoms with van der Waals surface area (Å²) in [5.74, 6) is 0.202. The van der Waals surface area contributed by atoms with E-state index in [2.05, 4.69) is 10.3 Å². The third kappa shape index (κ3) is 4.59. The predicted molar refractivity (Wildman–Crippen MR) is 66.4 cm³/mol. The number of ether oxygens (including phenoxy) is 1. The molecule has 0 radical (unpaired) electrons. The van der Waals surface area contributed by atoms with Gasteiger partial charge in [-0.2, -0.15) is 5.26 Å². The Kier molecular flexibility index (Phi) is 5.39. The van der Waals surface area contributed by atoms with Gasteiger partial charge >= 0.3 is 5.97 Å². The molecule has 0 amide bonds. The molecule has 1 saturated heterocycles. The number of nitrogens with two attached hydrogens (primary N) is 1. The van der Waals surface area contributed by atoms with Gasteiger partial charge in [-0.15, -0.1) is 0 Å². The molecule has 0 aromatic rings. The van der Waals surface area contributed by atoms with Crippen LogP contribution in [0.2, 0.25) is 0 Å². The van der Waals surface area contributed by atoms with Crippen molar-refractivity contribution in [3.8, 4) is 6.19 Å². The Hall–Kier alpha value is -1.81. The minimum absolute atomic E-state index is 0.0626. The van der Waals surface area contributed by atoms with Crippen LogP contribution in [0.15, 0.2) is 4.99 Å². The molecule has 7 heteroatoms. The molecule has 0 spiro atoms. The Morgan fingerprint density at radius 1 is 1.78 bits per heavy atom. The summed E-state index contributed by atoms with van der Waals surface area (Å²) in [4.78, 5) is 17.0. The molecule has 1 heterocycles. The summed E-state index contributed by atoms with van der Waals surface area (Å²) < 4.78 is 5.12. The first-order valence-corrected chi connectivity index (χ1v) is 5.90. The molecule has 7 nitrogen and oxygen atoms in total. The lowest BCUT2D eigenvalue weighted by molar-refractivity contribution is -0.145. The first kappa shape index (κ1) is 14.3. The van der Waals surface area contributed by atoms with Crippen LogP contribution in [-0.4, -0.2) is 48.6 Å². The number of guanidine groups is 1. The fourth-order valence-corrected chi connectivity index (χ4v) is 1.75. The summed E-state index contributed by atoms with van der Waals surface area (Å²) in [5, 5.41) is 11.2. The molecule has 1 rings (SSSR count). The zero-order chi connectivity index (χ0) is 13.5. The number of carbonyl (C=O) groups excluding carboxylic acids is 1. The van der Waals surface area contributed by atoms with Crippen LogP contribution in [0.4, 0.5) is 0 Å². The van der Waals surface area contributed by atoms with E-state index in [1.165, 1.54) is 6.92 Å². The van der Waals surface area contributed by atoms with Gasteiger partial charge in [-0.25, -0.2) is 0 Å². The Labute approximate surface area is 107 Å². The quantitative estimate of drug-likeness (QED) is 0.229. The average molecular weight is 253 g/mol. The summed E-state index contributed by atoms with van der Waals surface area (Å²) in [6.45, 7) is 4.93. The van der Waals surface area contributed by atoms with Crippen molar-refractivity contribution in [3.63, 3.8) is 0 Å². The number of carbonyl (C=O) groups is 1. The third-order valence-corrected chi connectivity index (χ3v) is 2.47. The highest BCUT2D eigenvalue weighted by molar-refractivity contribution is 5.81. The number of esters is 1. The maximum absolute atomic E-state index is 10.9. The van der Waals surface area contributed by atoms with Crippen LogP contribution >= 0.6 is 0 Å². The van der Waals surface area contributed by atoms with Gasteiger partial charge in [-0.05, 0) is 6.92 Å². The molecule has 0 unspecified atom stereocenters. The highest BCUT2D eigenvalue weighted by Gasteiger charge is 2.27. The van der Waals surface area contributed by atoms with Crippen LogP contribution in [0, 0.1) is 11.5 Å². The van der Waals surface area contributed by atoms with E-state index in [9.17, 15) is 4.79 Å². The summed E-state index contributed by atoms with van der Waals surface area (Å²) in [6.07, 6.45) is 2.46. The molecule has 2 atom stereocenters. The smallest absolute Gasteiger partial charge is 0.302 e. The molecule has 0 aromatic heterocycles. The molecule has 18 heavy (non-hydrogen) atoms. The summed E-state index contributed by atoms with van der Waals surface area (Å²) >= 11 is 0. The van der Waals surface area contributed by atoms with Crippen molar-refractivity contribution in [2.45, 2.75) is 32.4 Å². The van der Waals surface area contributed by atoms with E-state index in [0.717, 1.165) is 6.42 Å². The van der Waals surface area contributed by atoms with E-state index in [1.54, 1.807) is 0 Å². The molecule has 0 aliphatic carbocycles. The lowest BCUT2D eigenvalue weighted by Gasteiger charge is -2.19. The first-order chi connectivity index (χ1) is 8.52. The summed E-state index contributed by atoms with van der Waals surface area (Å²) in [6, 6.07) is -0.0626. The van der Waals surface area contributed by atoms with Crippen molar-refractivity contribution in [1.29, 1.82) is 5.26 Å². The molecule has 1 aliphatic rings. The van der Waals surface area contributed by atoms with Gasteiger partial charge in [0.05, 0.1) is 13.1 Å². The van der Waals surface area contributed by atoms with E-state index in [-0.39, 0.29) is 18.1 Å². The van der Waals surface area contributed by atoms with Crippen LogP contribution in [0.5, 0.6) is 0 Å². The van der Waals surface area contributed by atoms with Crippen molar-refractivity contribution < 1.29 is 9.53 Å². The lowest BCUT2D eigenvalue weighted by atomic mass is 10.3. The van der Waals surface area contributed by atoms with Crippen molar-refractivity contribution in [2.75, 3.05) is 19.6 Å². The molecule has 1 fully saturated rings. The molecule has 100 valence electrons. The Morgan fingerprint density at radius 3 is 3.06 bits per heavy atom. The monoisotopic (exact) mass is 253 g/mol. The van der Waals surface area contributed by atoms with Crippen LogP contribution in [0.25, 0.3) is 0 Å². The van der Waals surface area contributed by atoms with E-state index in [0.29, 0.717) is 25.6 Å². The molecule has 0 aromatic carbocycles. The molecule has 1 aliphatic heterocycles. The van der Waals surface area contributed by atoms with E-state index >= 15 is 0 Å². The SMILES string of the molecule is CC(=O)O[C@H]1CCN(C(=NC[C@@H](C)N)NC#N)C1. The van der Waals surface area contributed by atoms with E-state index in [1.807, 2.05) is 18.0 Å². The van der Waals surface area contributed by atoms with Crippen LogP contribution in [0.1, 0.15) is 20.3 Å². The second kappa shape index (κ2) is 6.81. The fraction of sp³-hybridized carbons (Fsp3) is 0.727. The van der Waals surface area contributed by atoms with Gasteiger partial charge in [-0.1, -0.05) is 0 Å². The highest BCUT2D eigenvalue weighted by atomic mass is 16.5. The minimum atomic E-state index is -0.288. The summed E-state index contributed by atoms with van der Waals surface area (Å²) in [5.41, 5.74) is 5.62. The zero-order valence-corrected chi connectivity index (χ0v) is 10.7. The second-order valence-corrected chi connectivity index (χ2v) is 4.34. The van der Waals surface area contributed by atoms with Gasteiger partial charge in [0.2, 0.25) is 5.96 Å².